The van der Waals surface area contributed by atoms with Crippen molar-refractivity contribution in [1.29, 1.82) is 0 Å². The zero-order valence-corrected chi connectivity index (χ0v) is 21.6. The van der Waals surface area contributed by atoms with Crippen LogP contribution in [0.25, 0.3) is 0 Å². The van der Waals surface area contributed by atoms with Gasteiger partial charge in [-0.05, 0) is 31.0 Å². The van der Waals surface area contributed by atoms with Gasteiger partial charge in [-0.15, -0.1) is 0 Å². The Kier molecular flexibility index (Phi) is 9.84. The molecule has 0 saturated heterocycles. The summed E-state index contributed by atoms with van der Waals surface area (Å²) in [5.41, 5.74) is 0.819. The standard InChI is InChI=1S/C22H26Cl3N3O4S/c1-4-19(22(30)26-5-2)27(13-15-9-7-6-8-10-15)21(29)14-28(33(3,31)32)20-12-17(24)16(23)11-18(20)25/h6-12,19H,4-5,13-14H2,1-3H3,(H,26,30). The third kappa shape index (κ3) is 7.24. The van der Waals surface area contributed by atoms with Crippen molar-refractivity contribution >= 4 is 62.3 Å². The molecule has 180 valence electrons. The van der Waals surface area contributed by atoms with Crippen molar-refractivity contribution in [3.8, 4) is 0 Å². The number of sulfonamides is 1. The van der Waals surface area contributed by atoms with Crippen molar-refractivity contribution in [2.45, 2.75) is 32.9 Å². The van der Waals surface area contributed by atoms with E-state index in [1.807, 2.05) is 30.3 Å². The van der Waals surface area contributed by atoms with E-state index in [-0.39, 0.29) is 33.2 Å². The minimum absolute atomic E-state index is 0.0210. The molecule has 1 N–H and O–H groups in total. The van der Waals surface area contributed by atoms with Crippen molar-refractivity contribution in [2.75, 3.05) is 23.7 Å². The molecule has 33 heavy (non-hydrogen) atoms. The zero-order valence-electron chi connectivity index (χ0n) is 18.5. The molecule has 7 nitrogen and oxygen atoms in total. The highest BCUT2D eigenvalue weighted by Gasteiger charge is 2.32. The lowest BCUT2D eigenvalue weighted by Crippen LogP contribution is -2.52. The van der Waals surface area contributed by atoms with Crippen LogP contribution < -0.4 is 9.62 Å². The molecular formula is C22H26Cl3N3O4S. The summed E-state index contributed by atoms with van der Waals surface area (Å²) < 4.78 is 26.1. The quantitative estimate of drug-likeness (QED) is 0.459. The summed E-state index contributed by atoms with van der Waals surface area (Å²) in [5.74, 6) is -0.882. The SMILES string of the molecule is CCNC(=O)C(CC)N(Cc1ccccc1)C(=O)CN(c1cc(Cl)c(Cl)cc1Cl)S(C)(=O)=O. The van der Waals surface area contributed by atoms with Crippen LogP contribution in [0, 0.1) is 0 Å². The van der Waals surface area contributed by atoms with Gasteiger partial charge in [0.1, 0.15) is 12.6 Å². The summed E-state index contributed by atoms with van der Waals surface area (Å²) >= 11 is 18.3. The van der Waals surface area contributed by atoms with E-state index in [0.29, 0.717) is 13.0 Å². The van der Waals surface area contributed by atoms with Crippen molar-refractivity contribution in [3.05, 3.63) is 63.1 Å². The Bertz CT molecular complexity index is 1100. The lowest BCUT2D eigenvalue weighted by atomic mass is 10.1. The molecule has 0 aliphatic rings. The number of carbonyl (C=O) groups excluding carboxylic acids is 2. The van der Waals surface area contributed by atoms with Crippen LogP contribution in [-0.4, -0.2) is 50.5 Å². The van der Waals surface area contributed by atoms with E-state index < -0.39 is 28.5 Å². The maximum Gasteiger partial charge on any atom is 0.244 e. The number of hydrogen-bond donors (Lipinski definition) is 1. The van der Waals surface area contributed by atoms with Crippen LogP contribution in [0.3, 0.4) is 0 Å². The van der Waals surface area contributed by atoms with Crippen LogP contribution in [0.15, 0.2) is 42.5 Å². The zero-order chi connectivity index (χ0) is 24.8. The van der Waals surface area contributed by atoms with Gasteiger partial charge in [0.15, 0.2) is 0 Å². The number of likely N-dealkylation sites (N-methyl/N-ethyl adjacent to an activating group) is 1. The highest BCUT2D eigenvalue weighted by atomic mass is 35.5. The minimum Gasteiger partial charge on any atom is -0.355 e. The summed E-state index contributed by atoms with van der Waals surface area (Å²) in [7, 11) is -3.94. The van der Waals surface area contributed by atoms with E-state index in [4.69, 9.17) is 34.8 Å². The number of nitrogens with one attached hydrogen (secondary N) is 1. The second kappa shape index (κ2) is 11.9. The molecule has 0 fully saturated rings. The number of rotatable bonds is 10. The van der Waals surface area contributed by atoms with Gasteiger partial charge in [0.2, 0.25) is 21.8 Å². The summed E-state index contributed by atoms with van der Waals surface area (Å²) in [5, 5.41) is 3.00. The van der Waals surface area contributed by atoms with E-state index in [1.165, 1.54) is 17.0 Å². The molecule has 2 rings (SSSR count). The Morgan fingerprint density at radius 2 is 1.61 bits per heavy atom. The maximum atomic E-state index is 13.5. The molecule has 2 amide bonds. The van der Waals surface area contributed by atoms with Crippen LogP contribution >= 0.6 is 34.8 Å². The predicted molar refractivity (Wildman–Crippen MR) is 133 cm³/mol. The smallest absolute Gasteiger partial charge is 0.244 e. The van der Waals surface area contributed by atoms with Crippen LogP contribution in [0.4, 0.5) is 5.69 Å². The third-order valence-electron chi connectivity index (χ3n) is 4.87. The number of benzene rings is 2. The molecule has 0 aliphatic carbocycles. The molecular weight excluding hydrogens is 509 g/mol. The van der Waals surface area contributed by atoms with Crippen LogP contribution in [0.5, 0.6) is 0 Å². The van der Waals surface area contributed by atoms with Gasteiger partial charge in [-0.2, -0.15) is 0 Å². The van der Waals surface area contributed by atoms with Gasteiger partial charge in [-0.3, -0.25) is 13.9 Å². The van der Waals surface area contributed by atoms with E-state index >= 15 is 0 Å². The van der Waals surface area contributed by atoms with E-state index in [9.17, 15) is 18.0 Å². The first kappa shape index (κ1) is 27.2. The van der Waals surface area contributed by atoms with Crippen molar-refractivity contribution < 1.29 is 18.0 Å². The Balaban J connectivity index is 2.48. The van der Waals surface area contributed by atoms with E-state index in [0.717, 1.165) is 16.1 Å². The Hall–Kier alpha value is -2.00. The van der Waals surface area contributed by atoms with Gasteiger partial charge in [-0.1, -0.05) is 72.1 Å². The molecule has 2 aromatic carbocycles. The number of amides is 2. The summed E-state index contributed by atoms with van der Waals surface area (Å²) in [6, 6.07) is 11.0. The first-order valence-electron chi connectivity index (χ1n) is 10.2. The van der Waals surface area contributed by atoms with Crippen LogP contribution in [-0.2, 0) is 26.2 Å². The second-order valence-corrected chi connectivity index (χ2v) is 10.4. The van der Waals surface area contributed by atoms with Crippen molar-refractivity contribution in [1.82, 2.24) is 10.2 Å². The molecule has 0 spiro atoms. The normalized spacial score (nSPS) is 12.2. The maximum absolute atomic E-state index is 13.5. The first-order chi connectivity index (χ1) is 15.5. The highest BCUT2D eigenvalue weighted by Crippen LogP contribution is 2.35. The molecule has 0 radical (unpaired) electrons. The van der Waals surface area contributed by atoms with Gasteiger partial charge < -0.3 is 10.2 Å². The Morgan fingerprint density at radius 3 is 2.15 bits per heavy atom. The molecule has 2 aromatic rings. The average molecular weight is 535 g/mol. The van der Waals surface area contributed by atoms with Gasteiger partial charge in [0.05, 0.1) is 27.0 Å². The number of nitrogens with zero attached hydrogens (tertiary/aromatic N) is 2. The number of carbonyl (C=O) groups is 2. The fraction of sp³-hybridized carbons (Fsp3) is 0.364. The molecule has 1 unspecified atom stereocenters. The van der Waals surface area contributed by atoms with Gasteiger partial charge >= 0.3 is 0 Å². The number of halogens is 3. The summed E-state index contributed by atoms with van der Waals surface area (Å²) in [6.45, 7) is 3.53. The fourth-order valence-electron chi connectivity index (χ4n) is 3.29. The Labute approximate surface area is 209 Å². The highest BCUT2D eigenvalue weighted by molar-refractivity contribution is 7.92. The molecule has 0 saturated carbocycles. The van der Waals surface area contributed by atoms with Gasteiger partial charge in [0.25, 0.3) is 0 Å². The monoisotopic (exact) mass is 533 g/mol. The summed E-state index contributed by atoms with van der Waals surface area (Å²) in [6.07, 6.45) is 1.30. The average Bonchev–Trinajstić information content (AvgIpc) is 2.74. The number of hydrogen-bond acceptors (Lipinski definition) is 4. The lowest BCUT2D eigenvalue weighted by molar-refractivity contribution is -0.140. The summed E-state index contributed by atoms with van der Waals surface area (Å²) in [4.78, 5) is 27.6. The van der Waals surface area contributed by atoms with E-state index in [2.05, 4.69) is 5.32 Å². The van der Waals surface area contributed by atoms with Crippen molar-refractivity contribution in [3.63, 3.8) is 0 Å². The molecule has 11 heteroatoms. The third-order valence-corrected chi connectivity index (χ3v) is 7.02. The molecule has 0 bridgehead atoms. The molecule has 0 aromatic heterocycles. The molecule has 0 aliphatic heterocycles. The largest absolute Gasteiger partial charge is 0.355 e. The van der Waals surface area contributed by atoms with Gasteiger partial charge in [-0.25, -0.2) is 8.42 Å². The topological polar surface area (TPSA) is 86.8 Å². The van der Waals surface area contributed by atoms with Crippen LogP contribution in [0.2, 0.25) is 15.1 Å². The lowest BCUT2D eigenvalue weighted by Gasteiger charge is -2.33. The predicted octanol–water partition coefficient (Wildman–Crippen LogP) is 4.36. The van der Waals surface area contributed by atoms with E-state index in [1.54, 1.807) is 13.8 Å². The molecule has 0 heterocycles. The first-order valence-corrected chi connectivity index (χ1v) is 13.2. The number of anilines is 1. The van der Waals surface area contributed by atoms with Crippen molar-refractivity contribution in [2.24, 2.45) is 0 Å². The second-order valence-electron chi connectivity index (χ2n) is 7.31. The fourth-order valence-corrected chi connectivity index (χ4v) is 4.84. The Morgan fingerprint density at radius 1 is 1.00 bits per heavy atom. The van der Waals surface area contributed by atoms with Crippen LogP contribution in [0.1, 0.15) is 25.8 Å². The minimum atomic E-state index is -3.94. The molecule has 1 atom stereocenters. The van der Waals surface area contributed by atoms with Gasteiger partial charge in [0, 0.05) is 13.1 Å².